The summed E-state index contributed by atoms with van der Waals surface area (Å²) in [5.74, 6) is 4.11. The van der Waals surface area contributed by atoms with Crippen LogP contribution in [0.4, 0.5) is 0 Å². The van der Waals surface area contributed by atoms with E-state index in [1.807, 2.05) is 0 Å². The first-order valence-electron chi connectivity index (χ1n) is 8.17. The lowest BCUT2D eigenvalue weighted by molar-refractivity contribution is -0.180. The second-order valence-electron chi connectivity index (χ2n) is 8.56. The third-order valence-electron chi connectivity index (χ3n) is 7.19. The summed E-state index contributed by atoms with van der Waals surface area (Å²) in [5.41, 5.74) is 0.289. The van der Waals surface area contributed by atoms with Crippen LogP contribution >= 0.6 is 0 Å². The van der Waals surface area contributed by atoms with Crippen LogP contribution in [0.5, 0.6) is 0 Å². The van der Waals surface area contributed by atoms with Crippen molar-refractivity contribution in [1.29, 1.82) is 0 Å². The molecule has 0 radical (unpaired) electrons. The third-order valence-corrected chi connectivity index (χ3v) is 7.19. The largest absolute Gasteiger partial charge is 0.300 e. The van der Waals surface area contributed by atoms with Crippen molar-refractivity contribution in [3.8, 4) is 0 Å². The second-order valence-corrected chi connectivity index (χ2v) is 8.56. The van der Waals surface area contributed by atoms with Gasteiger partial charge in [-0.2, -0.15) is 0 Å². The van der Waals surface area contributed by atoms with Crippen LogP contribution in [0.1, 0.15) is 58.8 Å². The van der Waals surface area contributed by atoms with Crippen molar-refractivity contribution in [3.05, 3.63) is 0 Å². The van der Waals surface area contributed by atoms with E-state index in [-0.39, 0.29) is 11.1 Å². The fourth-order valence-corrected chi connectivity index (χ4v) is 6.50. The first-order valence-corrected chi connectivity index (χ1v) is 8.17. The molecule has 1 aliphatic heterocycles. The molecule has 5 aliphatic rings. The van der Waals surface area contributed by atoms with Crippen molar-refractivity contribution in [2.45, 2.75) is 69.9 Å². The van der Waals surface area contributed by atoms with Crippen molar-refractivity contribution in [2.75, 3.05) is 7.05 Å². The second kappa shape index (κ2) is 3.63. The number of hydrogen-bond donors (Lipinski definition) is 0. The average Bonchev–Trinajstić information content (AvgIpc) is 2.30. The topological polar surface area (TPSA) is 20.3 Å². The number of hydrogen-bond acceptors (Lipinski definition) is 2. The first kappa shape index (κ1) is 12.4. The first-order chi connectivity index (χ1) is 8.92. The predicted molar refractivity (Wildman–Crippen MR) is 75.9 cm³/mol. The lowest BCUT2D eigenvalue weighted by atomic mass is 9.46. The fraction of sp³-hybridized carbons (Fsp3) is 0.941. The summed E-state index contributed by atoms with van der Waals surface area (Å²) >= 11 is 0. The van der Waals surface area contributed by atoms with Gasteiger partial charge in [-0.3, -0.25) is 9.69 Å². The van der Waals surface area contributed by atoms with Crippen LogP contribution in [0.15, 0.2) is 0 Å². The van der Waals surface area contributed by atoms with Crippen LogP contribution in [0.3, 0.4) is 0 Å². The molecular formula is C17H27NO. The number of carbonyl (C=O) groups excluding carboxylic acids is 1. The van der Waals surface area contributed by atoms with Gasteiger partial charge in [0.05, 0.1) is 0 Å². The molecule has 0 aromatic carbocycles. The monoisotopic (exact) mass is 261 g/mol. The molecule has 0 atom stereocenters. The molecule has 0 amide bonds. The Hall–Kier alpha value is -0.370. The zero-order valence-electron chi connectivity index (χ0n) is 12.6. The number of likely N-dealkylation sites (tertiary alicyclic amines) is 1. The van der Waals surface area contributed by atoms with Gasteiger partial charge in [0, 0.05) is 23.9 Å². The molecule has 4 saturated carbocycles. The van der Waals surface area contributed by atoms with E-state index in [0.717, 1.165) is 36.5 Å². The van der Waals surface area contributed by atoms with E-state index in [2.05, 4.69) is 25.8 Å². The van der Waals surface area contributed by atoms with Crippen LogP contribution < -0.4 is 0 Å². The number of nitrogens with zero attached hydrogens (tertiary/aromatic N) is 1. The molecule has 1 saturated heterocycles. The summed E-state index contributed by atoms with van der Waals surface area (Å²) < 4.78 is 0. The van der Waals surface area contributed by atoms with E-state index in [1.165, 1.54) is 32.1 Å². The Kier molecular flexibility index (Phi) is 2.37. The van der Waals surface area contributed by atoms with E-state index in [9.17, 15) is 4.79 Å². The quantitative estimate of drug-likeness (QED) is 0.667. The minimum absolute atomic E-state index is 0.0602. The Morgan fingerprint density at radius 2 is 1.47 bits per heavy atom. The van der Waals surface area contributed by atoms with E-state index in [1.54, 1.807) is 0 Å². The van der Waals surface area contributed by atoms with Gasteiger partial charge in [0.1, 0.15) is 5.78 Å². The van der Waals surface area contributed by atoms with E-state index >= 15 is 0 Å². The summed E-state index contributed by atoms with van der Waals surface area (Å²) in [7, 11) is 2.31. The lowest BCUT2D eigenvalue weighted by Gasteiger charge is -2.68. The van der Waals surface area contributed by atoms with Crippen molar-refractivity contribution in [1.82, 2.24) is 4.90 Å². The smallest absolute Gasteiger partial charge is 0.136 e. The number of Topliss-reactive ketones (excluding diaryl/α,β-unsaturated/α-hetero) is 1. The minimum Gasteiger partial charge on any atom is -0.300 e. The molecule has 2 nitrogen and oxygen atoms in total. The van der Waals surface area contributed by atoms with Crippen LogP contribution in [0.25, 0.3) is 0 Å². The molecule has 4 bridgehead atoms. The molecular weight excluding hydrogens is 234 g/mol. The molecule has 4 aliphatic carbocycles. The zero-order valence-corrected chi connectivity index (χ0v) is 12.6. The Morgan fingerprint density at radius 3 is 2.00 bits per heavy atom. The molecule has 0 aromatic rings. The Morgan fingerprint density at radius 1 is 0.947 bits per heavy atom. The van der Waals surface area contributed by atoms with Crippen LogP contribution in [0, 0.1) is 23.7 Å². The highest BCUT2D eigenvalue weighted by Crippen LogP contribution is 2.63. The maximum absolute atomic E-state index is 12.4. The van der Waals surface area contributed by atoms with Gasteiger partial charge in [-0.05, 0) is 76.7 Å². The van der Waals surface area contributed by atoms with Gasteiger partial charge in [0.2, 0.25) is 0 Å². The maximum atomic E-state index is 12.4. The lowest BCUT2D eigenvalue weighted by Crippen LogP contribution is -2.72. The van der Waals surface area contributed by atoms with Gasteiger partial charge in [-0.1, -0.05) is 0 Å². The number of ketones is 1. The van der Waals surface area contributed by atoms with Crippen LogP contribution in [-0.2, 0) is 4.79 Å². The molecule has 19 heavy (non-hydrogen) atoms. The molecule has 0 aromatic heterocycles. The minimum atomic E-state index is 0.0602. The molecule has 0 N–H and O–H groups in total. The SMILES string of the molecule is CN1C(C)(C)CC(=O)CC12C1CC3CC(C1)CC2C3. The molecule has 106 valence electrons. The number of piperidine rings is 1. The Labute approximate surface area is 116 Å². The highest BCUT2D eigenvalue weighted by molar-refractivity contribution is 5.82. The van der Waals surface area contributed by atoms with Crippen molar-refractivity contribution < 1.29 is 4.79 Å². The highest BCUT2D eigenvalue weighted by Gasteiger charge is 2.62. The number of rotatable bonds is 0. The van der Waals surface area contributed by atoms with Crippen molar-refractivity contribution in [3.63, 3.8) is 0 Å². The predicted octanol–water partition coefficient (Wildman–Crippen LogP) is 3.25. The van der Waals surface area contributed by atoms with Gasteiger partial charge >= 0.3 is 0 Å². The van der Waals surface area contributed by atoms with Gasteiger partial charge in [0.15, 0.2) is 0 Å². The van der Waals surface area contributed by atoms with Crippen molar-refractivity contribution >= 4 is 5.78 Å². The van der Waals surface area contributed by atoms with Crippen LogP contribution in [-0.4, -0.2) is 28.8 Å². The summed E-state index contributed by atoms with van der Waals surface area (Å²) in [4.78, 5) is 15.0. The summed E-state index contributed by atoms with van der Waals surface area (Å²) in [6.45, 7) is 4.55. The standard InChI is InChI=1S/C17H27NO/c1-16(2)9-15(19)10-17(18(16)3)13-5-11-4-12(7-13)8-14(17)6-11/h11-14H,4-10H2,1-3H3. The normalized spacial score (nSPS) is 52.1. The summed E-state index contributed by atoms with van der Waals surface area (Å²) in [5, 5.41) is 0. The van der Waals surface area contributed by atoms with E-state index in [0.29, 0.717) is 5.78 Å². The Bertz CT molecular complexity index is 397. The molecule has 5 rings (SSSR count). The number of carbonyl (C=O) groups is 1. The van der Waals surface area contributed by atoms with Gasteiger partial charge in [0.25, 0.3) is 0 Å². The highest BCUT2D eigenvalue weighted by atomic mass is 16.1. The fourth-order valence-electron chi connectivity index (χ4n) is 6.50. The van der Waals surface area contributed by atoms with Gasteiger partial charge in [-0.25, -0.2) is 0 Å². The van der Waals surface area contributed by atoms with E-state index in [4.69, 9.17) is 0 Å². The third kappa shape index (κ3) is 1.50. The maximum Gasteiger partial charge on any atom is 0.136 e. The molecule has 5 fully saturated rings. The molecule has 0 unspecified atom stereocenters. The van der Waals surface area contributed by atoms with E-state index < -0.39 is 0 Å². The van der Waals surface area contributed by atoms with Gasteiger partial charge in [-0.15, -0.1) is 0 Å². The average molecular weight is 261 g/mol. The van der Waals surface area contributed by atoms with Gasteiger partial charge < -0.3 is 0 Å². The zero-order chi connectivity index (χ0) is 13.4. The molecule has 2 heteroatoms. The molecule has 1 heterocycles. The summed E-state index contributed by atoms with van der Waals surface area (Å²) in [6.07, 6.45) is 8.70. The Balaban J connectivity index is 1.77. The summed E-state index contributed by atoms with van der Waals surface area (Å²) in [6, 6.07) is 0. The molecule has 1 spiro atoms. The van der Waals surface area contributed by atoms with Crippen LogP contribution in [0.2, 0.25) is 0 Å². The van der Waals surface area contributed by atoms with Crippen molar-refractivity contribution in [2.24, 2.45) is 23.7 Å².